The number of nitrogens with zero attached hydrogens (tertiary/aromatic N) is 4. The van der Waals surface area contributed by atoms with E-state index in [1.807, 2.05) is 32.0 Å². The van der Waals surface area contributed by atoms with Crippen LogP contribution in [0.5, 0.6) is 0 Å². The summed E-state index contributed by atoms with van der Waals surface area (Å²) in [5.74, 6) is 1.47. The lowest BCUT2D eigenvalue weighted by molar-refractivity contribution is 0.199. The van der Waals surface area contributed by atoms with E-state index in [0.29, 0.717) is 24.5 Å². The third-order valence-electron chi connectivity index (χ3n) is 3.10. The molecule has 6 nitrogen and oxygen atoms in total. The molecule has 0 aliphatic rings. The molecule has 0 spiro atoms. The molecule has 0 amide bonds. The number of nitrogens with one attached hydrogen (secondary N) is 1. The molecule has 0 bridgehead atoms. The van der Waals surface area contributed by atoms with Crippen molar-refractivity contribution in [2.45, 2.75) is 20.4 Å². The molecule has 21 heavy (non-hydrogen) atoms. The number of aryl methyl sites for hydroxylation is 2. The minimum absolute atomic E-state index is 0.592. The Morgan fingerprint density at radius 1 is 1.38 bits per heavy atom. The molecule has 0 unspecified atom stereocenters. The van der Waals surface area contributed by atoms with Crippen molar-refractivity contribution < 1.29 is 4.74 Å². The van der Waals surface area contributed by atoms with E-state index < -0.39 is 0 Å². The van der Waals surface area contributed by atoms with Gasteiger partial charge in [-0.2, -0.15) is 10.4 Å². The van der Waals surface area contributed by atoms with Crippen molar-refractivity contribution in [1.29, 1.82) is 5.26 Å². The highest BCUT2D eigenvalue weighted by Gasteiger charge is 2.10. The van der Waals surface area contributed by atoms with Crippen LogP contribution in [0.4, 0.5) is 0 Å². The zero-order chi connectivity index (χ0) is 15.2. The average Bonchev–Trinajstić information content (AvgIpc) is 2.82. The van der Waals surface area contributed by atoms with Crippen molar-refractivity contribution >= 4 is 0 Å². The van der Waals surface area contributed by atoms with Gasteiger partial charge in [-0.05, 0) is 31.5 Å². The number of benzene rings is 1. The van der Waals surface area contributed by atoms with Gasteiger partial charge in [0.25, 0.3) is 0 Å². The number of nitriles is 1. The fourth-order valence-corrected chi connectivity index (χ4v) is 2.12. The van der Waals surface area contributed by atoms with Gasteiger partial charge >= 0.3 is 0 Å². The lowest BCUT2D eigenvalue weighted by atomic mass is 10.1. The van der Waals surface area contributed by atoms with Crippen molar-refractivity contribution in [2.75, 3.05) is 20.3 Å². The fraction of sp³-hybridized carbons (Fsp3) is 0.400. The highest BCUT2D eigenvalue weighted by atomic mass is 16.5. The monoisotopic (exact) mass is 285 g/mol. The van der Waals surface area contributed by atoms with Gasteiger partial charge < -0.3 is 10.1 Å². The molecule has 0 radical (unpaired) electrons. The highest BCUT2D eigenvalue weighted by molar-refractivity contribution is 5.50. The number of hydrogen-bond acceptors (Lipinski definition) is 5. The van der Waals surface area contributed by atoms with E-state index in [2.05, 4.69) is 21.5 Å². The Bertz CT molecular complexity index is 657. The van der Waals surface area contributed by atoms with E-state index >= 15 is 0 Å². The first kappa shape index (κ1) is 15.2. The predicted molar refractivity (Wildman–Crippen MR) is 79.1 cm³/mol. The minimum Gasteiger partial charge on any atom is -0.383 e. The van der Waals surface area contributed by atoms with E-state index in [0.717, 1.165) is 23.6 Å². The van der Waals surface area contributed by atoms with Crippen LogP contribution in [0.3, 0.4) is 0 Å². The maximum atomic E-state index is 9.36. The van der Waals surface area contributed by atoms with Crippen molar-refractivity contribution in [3.05, 3.63) is 41.0 Å². The molecule has 0 saturated carbocycles. The standard InChI is InChI=1S/C15H19N5O/c1-11-18-12(2)20(19-11)15-5-4-13(8-14(15)9-16)10-17-6-7-21-3/h4-5,8,17H,6-7,10H2,1-3H3. The molecule has 2 rings (SSSR count). The first-order chi connectivity index (χ1) is 10.2. The van der Waals surface area contributed by atoms with Crippen LogP contribution in [0.25, 0.3) is 5.69 Å². The Morgan fingerprint density at radius 2 is 2.19 bits per heavy atom. The van der Waals surface area contributed by atoms with Crippen LogP contribution in [0.1, 0.15) is 22.8 Å². The first-order valence-corrected chi connectivity index (χ1v) is 6.79. The normalized spacial score (nSPS) is 10.6. The van der Waals surface area contributed by atoms with E-state index in [1.165, 1.54) is 0 Å². The van der Waals surface area contributed by atoms with Crippen molar-refractivity contribution in [3.63, 3.8) is 0 Å². The summed E-state index contributed by atoms with van der Waals surface area (Å²) < 4.78 is 6.69. The maximum absolute atomic E-state index is 9.36. The SMILES string of the molecule is COCCNCc1ccc(-n2nc(C)nc2C)c(C#N)c1. The van der Waals surface area contributed by atoms with Gasteiger partial charge in [-0.25, -0.2) is 9.67 Å². The number of methoxy groups -OCH3 is 1. The van der Waals surface area contributed by atoms with Gasteiger partial charge in [0.15, 0.2) is 0 Å². The topological polar surface area (TPSA) is 75.8 Å². The van der Waals surface area contributed by atoms with Crippen LogP contribution in [0.15, 0.2) is 18.2 Å². The molecule has 0 aliphatic heterocycles. The van der Waals surface area contributed by atoms with Gasteiger partial charge in [0.1, 0.15) is 17.7 Å². The minimum atomic E-state index is 0.592. The zero-order valence-corrected chi connectivity index (χ0v) is 12.6. The van der Waals surface area contributed by atoms with E-state index in [1.54, 1.807) is 11.8 Å². The largest absolute Gasteiger partial charge is 0.383 e. The molecule has 0 saturated heterocycles. The molecule has 1 heterocycles. The fourth-order valence-electron chi connectivity index (χ4n) is 2.12. The van der Waals surface area contributed by atoms with Crippen LogP contribution in [-0.4, -0.2) is 35.0 Å². The van der Waals surface area contributed by atoms with Crippen LogP contribution in [-0.2, 0) is 11.3 Å². The second-order valence-electron chi connectivity index (χ2n) is 4.75. The number of ether oxygens (including phenoxy) is 1. The van der Waals surface area contributed by atoms with Crippen LogP contribution in [0, 0.1) is 25.2 Å². The Balaban J connectivity index is 2.21. The van der Waals surface area contributed by atoms with Gasteiger partial charge in [-0.1, -0.05) is 6.07 Å². The molecule has 2 aromatic rings. The number of aromatic nitrogens is 3. The van der Waals surface area contributed by atoms with E-state index in [4.69, 9.17) is 4.74 Å². The van der Waals surface area contributed by atoms with Crippen molar-refractivity contribution in [1.82, 2.24) is 20.1 Å². The molecule has 1 aromatic carbocycles. The summed E-state index contributed by atoms with van der Waals surface area (Å²) in [5.41, 5.74) is 2.41. The molecule has 1 aromatic heterocycles. The smallest absolute Gasteiger partial charge is 0.148 e. The molecule has 110 valence electrons. The second-order valence-corrected chi connectivity index (χ2v) is 4.75. The lowest BCUT2D eigenvalue weighted by Crippen LogP contribution is -2.18. The molecule has 0 fully saturated rings. The van der Waals surface area contributed by atoms with Crippen molar-refractivity contribution in [2.24, 2.45) is 0 Å². The number of hydrogen-bond donors (Lipinski definition) is 1. The highest BCUT2D eigenvalue weighted by Crippen LogP contribution is 2.17. The van der Waals surface area contributed by atoms with Crippen LogP contribution < -0.4 is 5.32 Å². The molecule has 0 atom stereocenters. The number of rotatable bonds is 6. The van der Waals surface area contributed by atoms with Crippen LogP contribution in [0.2, 0.25) is 0 Å². The summed E-state index contributed by atoms with van der Waals surface area (Å²) in [7, 11) is 1.67. The summed E-state index contributed by atoms with van der Waals surface area (Å²) >= 11 is 0. The van der Waals surface area contributed by atoms with E-state index in [-0.39, 0.29) is 0 Å². The predicted octanol–water partition coefficient (Wildman–Crippen LogP) is 1.49. The van der Waals surface area contributed by atoms with Gasteiger partial charge in [-0.3, -0.25) is 0 Å². The summed E-state index contributed by atoms with van der Waals surface area (Å²) in [6, 6.07) is 8.01. The third-order valence-corrected chi connectivity index (χ3v) is 3.10. The summed E-state index contributed by atoms with van der Waals surface area (Å²) in [5, 5.41) is 16.9. The van der Waals surface area contributed by atoms with Gasteiger partial charge in [0.05, 0.1) is 17.9 Å². The molecular weight excluding hydrogens is 266 g/mol. The zero-order valence-electron chi connectivity index (χ0n) is 12.6. The maximum Gasteiger partial charge on any atom is 0.148 e. The average molecular weight is 285 g/mol. The summed E-state index contributed by atoms with van der Waals surface area (Å²) in [6.07, 6.45) is 0. The third kappa shape index (κ3) is 3.66. The molecule has 0 aliphatic carbocycles. The molecular formula is C15H19N5O. The Morgan fingerprint density at radius 3 is 2.81 bits per heavy atom. The Labute approximate surface area is 124 Å². The lowest BCUT2D eigenvalue weighted by Gasteiger charge is -2.09. The second kappa shape index (κ2) is 6.97. The first-order valence-electron chi connectivity index (χ1n) is 6.79. The molecule has 6 heteroatoms. The summed E-state index contributed by atoms with van der Waals surface area (Å²) in [4.78, 5) is 4.27. The quantitative estimate of drug-likeness (QED) is 0.814. The molecule has 1 N–H and O–H groups in total. The van der Waals surface area contributed by atoms with Crippen molar-refractivity contribution in [3.8, 4) is 11.8 Å². The Hall–Kier alpha value is -2.23. The van der Waals surface area contributed by atoms with Gasteiger partial charge in [0, 0.05) is 20.2 Å². The van der Waals surface area contributed by atoms with Gasteiger partial charge in [0.2, 0.25) is 0 Å². The van der Waals surface area contributed by atoms with Gasteiger partial charge in [-0.15, -0.1) is 0 Å². The van der Waals surface area contributed by atoms with E-state index in [9.17, 15) is 5.26 Å². The van der Waals surface area contributed by atoms with Crippen LogP contribution >= 0.6 is 0 Å². The summed E-state index contributed by atoms with van der Waals surface area (Å²) in [6.45, 7) is 5.86. The Kier molecular flexibility index (Phi) is 5.04.